The van der Waals surface area contributed by atoms with Crippen molar-refractivity contribution >= 4 is 23.2 Å². The molecule has 0 bridgehead atoms. The third-order valence-electron chi connectivity index (χ3n) is 4.23. The summed E-state index contributed by atoms with van der Waals surface area (Å²) in [7, 11) is 1.75. The van der Waals surface area contributed by atoms with Gasteiger partial charge in [-0.3, -0.25) is 4.79 Å². The second-order valence-corrected chi connectivity index (χ2v) is 6.30. The zero-order chi connectivity index (χ0) is 17.4. The maximum atomic E-state index is 12.6. The summed E-state index contributed by atoms with van der Waals surface area (Å²) in [5.41, 5.74) is 3.08. The summed E-state index contributed by atoms with van der Waals surface area (Å²) in [5, 5.41) is 3.92. The fourth-order valence-electron chi connectivity index (χ4n) is 2.90. The number of nitrogens with one attached hydrogen (secondary N) is 1. The molecule has 0 radical (unpaired) electrons. The number of hydrogen-bond donors (Lipinski definition) is 1. The predicted molar refractivity (Wildman–Crippen MR) is 97.4 cm³/mol. The molecule has 1 N–H and O–H groups in total. The Labute approximate surface area is 150 Å². The van der Waals surface area contributed by atoms with Crippen LogP contribution in [-0.4, -0.2) is 27.8 Å². The Balaban J connectivity index is 1.67. The molecular weight excluding hydrogens is 336 g/mol. The first-order valence-corrected chi connectivity index (χ1v) is 8.22. The molecule has 124 valence electrons. The summed E-state index contributed by atoms with van der Waals surface area (Å²) in [6, 6.07) is 15.0. The largest absolute Gasteiger partial charge is 0.361 e. The van der Waals surface area contributed by atoms with E-state index in [0.717, 1.165) is 11.1 Å². The van der Waals surface area contributed by atoms with Crippen molar-refractivity contribution in [3.05, 3.63) is 77.1 Å². The van der Waals surface area contributed by atoms with Gasteiger partial charge in [0.1, 0.15) is 6.17 Å². The van der Waals surface area contributed by atoms with E-state index in [4.69, 9.17) is 11.6 Å². The molecule has 4 rings (SSSR count). The number of hydrogen-bond acceptors (Lipinski definition) is 4. The third-order valence-corrected chi connectivity index (χ3v) is 4.47. The molecule has 0 saturated heterocycles. The third kappa shape index (κ3) is 2.83. The van der Waals surface area contributed by atoms with Gasteiger partial charge in [0.2, 0.25) is 0 Å². The van der Waals surface area contributed by atoms with Crippen molar-refractivity contribution in [2.24, 2.45) is 0 Å². The van der Waals surface area contributed by atoms with Crippen molar-refractivity contribution in [2.45, 2.75) is 6.17 Å². The number of carbonyl (C=O) groups excluding carboxylic acids is 1. The highest BCUT2D eigenvalue weighted by Gasteiger charge is 2.30. The maximum Gasteiger partial charge on any atom is 0.257 e. The van der Waals surface area contributed by atoms with Crippen LogP contribution in [0.15, 0.2) is 60.9 Å². The normalized spacial score (nSPS) is 16.3. The van der Waals surface area contributed by atoms with Gasteiger partial charge in [0.25, 0.3) is 5.91 Å². The molecule has 1 aromatic heterocycles. The fraction of sp³-hybridized carbons (Fsp3) is 0.105. The van der Waals surface area contributed by atoms with Crippen molar-refractivity contribution in [3.8, 4) is 11.4 Å². The van der Waals surface area contributed by atoms with Crippen LogP contribution in [0.5, 0.6) is 0 Å². The van der Waals surface area contributed by atoms with Crippen molar-refractivity contribution in [2.75, 3.05) is 12.4 Å². The van der Waals surface area contributed by atoms with E-state index in [1.54, 1.807) is 42.5 Å². The first-order chi connectivity index (χ1) is 12.1. The highest BCUT2D eigenvalue weighted by Crippen LogP contribution is 2.33. The Hall–Kier alpha value is -2.92. The molecule has 1 amide bonds. The molecule has 3 aromatic rings. The molecule has 0 saturated carbocycles. The average molecular weight is 351 g/mol. The molecule has 1 unspecified atom stereocenters. The molecule has 1 aliphatic rings. The Morgan fingerprint density at radius 3 is 2.52 bits per heavy atom. The zero-order valence-corrected chi connectivity index (χ0v) is 14.2. The number of benzene rings is 2. The van der Waals surface area contributed by atoms with E-state index in [-0.39, 0.29) is 12.1 Å². The summed E-state index contributed by atoms with van der Waals surface area (Å²) < 4.78 is 0. The van der Waals surface area contributed by atoms with Gasteiger partial charge in [0.05, 0.1) is 11.3 Å². The quantitative estimate of drug-likeness (QED) is 0.759. The summed E-state index contributed by atoms with van der Waals surface area (Å²) in [4.78, 5) is 23.1. The molecule has 1 aliphatic heterocycles. The van der Waals surface area contributed by atoms with Crippen LogP contribution in [0, 0.1) is 0 Å². The minimum absolute atomic E-state index is 0.0671. The van der Waals surface area contributed by atoms with Gasteiger partial charge in [-0.1, -0.05) is 41.9 Å². The van der Waals surface area contributed by atoms with Crippen LogP contribution in [0.2, 0.25) is 5.02 Å². The maximum absolute atomic E-state index is 12.6. The lowest BCUT2D eigenvalue weighted by molar-refractivity contribution is 0.0735. The molecule has 5 nitrogen and oxygen atoms in total. The molecular formula is C19H15ClN4O. The molecule has 0 fully saturated rings. The van der Waals surface area contributed by atoms with Crippen LogP contribution < -0.4 is 5.32 Å². The summed E-state index contributed by atoms with van der Waals surface area (Å²) in [6.45, 7) is 0. The highest BCUT2D eigenvalue weighted by molar-refractivity contribution is 6.31. The lowest BCUT2D eigenvalue weighted by Crippen LogP contribution is -2.40. The fourth-order valence-corrected chi connectivity index (χ4v) is 3.07. The first kappa shape index (κ1) is 15.6. The van der Waals surface area contributed by atoms with Gasteiger partial charge in [-0.05, 0) is 18.2 Å². The van der Waals surface area contributed by atoms with Crippen LogP contribution in [0.25, 0.3) is 11.4 Å². The summed E-state index contributed by atoms with van der Waals surface area (Å²) in [6.07, 6.45) is 3.14. The minimum atomic E-state index is -0.344. The van der Waals surface area contributed by atoms with Crippen molar-refractivity contribution in [1.29, 1.82) is 0 Å². The first-order valence-electron chi connectivity index (χ1n) is 7.84. The SMILES string of the molecule is CN1C(=O)c2ccc(Cl)cc2NC1c1cnc(-c2ccccc2)nc1. The van der Waals surface area contributed by atoms with E-state index in [1.165, 1.54) is 0 Å². The Morgan fingerprint density at radius 2 is 1.80 bits per heavy atom. The van der Waals surface area contributed by atoms with Gasteiger partial charge in [0.15, 0.2) is 5.82 Å². The van der Waals surface area contributed by atoms with Gasteiger partial charge < -0.3 is 10.2 Å². The lowest BCUT2D eigenvalue weighted by Gasteiger charge is -2.35. The van der Waals surface area contributed by atoms with Crippen molar-refractivity contribution in [1.82, 2.24) is 14.9 Å². The standard InChI is InChI=1S/C19H15ClN4O/c1-24-18(23-16-9-14(20)7-8-15(16)19(24)25)13-10-21-17(22-11-13)12-5-3-2-4-6-12/h2-11,18,23H,1H3. The number of fused-ring (bicyclic) bond motifs is 1. The van der Waals surface area contributed by atoms with Gasteiger partial charge in [-0.15, -0.1) is 0 Å². The van der Waals surface area contributed by atoms with Crippen LogP contribution in [0.1, 0.15) is 22.1 Å². The van der Waals surface area contributed by atoms with Crippen molar-refractivity contribution < 1.29 is 4.79 Å². The Kier molecular flexibility index (Phi) is 3.86. The number of halogens is 1. The number of rotatable bonds is 2. The van der Waals surface area contributed by atoms with E-state index in [0.29, 0.717) is 22.1 Å². The molecule has 0 spiro atoms. The van der Waals surface area contributed by atoms with E-state index >= 15 is 0 Å². The predicted octanol–water partition coefficient (Wildman–Crippen LogP) is 3.99. The van der Waals surface area contributed by atoms with Crippen LogP contribution in [-0.2, 0) is 0 Å². The molecule has 0 aliphatic carbocycles. The van der Waals surface area contributed by atoms with E-state index in [9.17, 15) is 4.79 Å². The lowest BCUT2D eigenvalue weighted by atomic mass is 10.1. The summed E-state index contributed by atoms with van der Waals surface area (Å²) >= 11 is 6.05. The van der Waals surface area contributed by atoms with E-state index in [1.807, 2.05) is 30.3 Å². The van der Waals surface area contributed by atoms with Crippen molar-refractivity contribution in [3.63, 3.8) is 0 Å². The van der Waals surface area contributed by atoms with Crippen LogP contribution in [0.3, 0.4) is 0 Å². The Morgan fingerprint density at radius 1 is 1.08 bits per heavy atom. The highest BCUT2D eigenvalue weighted by atomic mass is 35.5. The molecule has 2 aromatic carbocycles. The average Bonchev–Trinajstić information content (AvgIpc) is 2.65. The topological polar surface area (TPSA) is 58.1 Å². The monoisotopic (exact) mass is 350 g/mol. The van der Waals surface area contributed by atoms with Gasteiger partial charge in [0, 0.05) is 35.6 Å². The molecule has 25 heavy (non-hydrogen) atoms. The van der Waals surface area contributed by atoms with Gasteiger partial charge in [-0.2, -0.15) is 0 Å². The molecule has 6 heteroatoms. The smallest absolute Gasteiger partial charge is 0.257 e. The minimum Gasteiger partial charge on any atom is -0.361 e. The van der Waals surface area contributed by atoms with Gasteiger partial charge >= 0.3 is 0 Å². The Bertz CT molecular complexity index is 928. The number of carbonyl (C=O) groups is 1. The van der Waals surface area contributed by atoms with E-state index in [2.05, 4.69) is 15.3 Å². The van der Waals surface area contributed by atoms with E-state index < -0.39 is 0 Å². The molecule has 2 heterocycles. The second-order valence-electron chi connectivity index (χ2n) is 5.86. The number of amides is 1. The zero-order valence-electron chi connectivity index (χ0n) is 13.5. The number of aromatic nitrogens is 2. The molecule has 1 atom stereocenters. The van der Waals surface area contributed by atoms with Gasteiger partial charge in [-0.25, -0.2) is 9.97 Å². The number of nitrogens with zero attached hydrogens (tertiary/aromatic N) is 3. The van der Waals surface area contributed by atoms with Crippen LogP contribution in [0.4, 0.5) is 5.69 Å². The second kappa shape index (κ2) is 6.18. The summed E-state index contributed by atoms with van der Waals surface area (Å²) in [5.74, 6) is 0.583. The van der Waals surface area contributed by atoms with Crippen LogP contribution >= 0.6 is 11.6 Å². The number of anilines is 1.